The third-order valence-electron chi connectivity index (χ3n) is 5.13. The lowest BCUT2D eigenvalue weighted by Gasteiger charge is -2.17. The highest BCUT2D eigenvalue weighted by molar-refractivity contribution is 6.03. The van der Waals surface area contributed by atoms with E-state index in [1.165, 1.54) is 18.2 Å². The number of carbonyl (C=O) groups is 2. The Labute approximate surface area is 162 Å². The van der Waals surface area contributed by atoms with Gasteiger partial charge in [-0.25, -0.2) is 9.37 Å². The summed E-state index contributed by atoms with van der Waals surface area (Å²) in [6.07, 6.45) is 4.54. The first-order valence-corrected chi connectivity index (χ1v) is 9.68. The molecule has 3 heterocycles. The van der Waals surface area contributed by atoms with Gasteiger partial charge in [-0.05, 0) is 50.3 Å². The van der Waals surface area contributed by atoms with Crippen molar-refractivity contribution in [3.8, 4) is 0 Å². The van der Waals surface area contributed by atoms with Crippen LogP contribution in [0.1, 0.15) is 52.5 Å². The van der Waals surface area contributed by atoms with Crippen LogP contribution in [0.15, 0.2) is 24.3 Å². The van der Waals surface area contributed by atoms with Crippen LogP contribution in [0.3, 0.4) is 0 Å². The van der Waals surface area contributed by atoms with Gasteiger partial charge in [0.25, 0.3) is 11.8 Å². The fourth-order valence-corrected chi connectivity index (χ4v) is 3.75. The predicted molar refractivity (Wildman–Crippen MR) is 101 cm³/mol. The second-order valence-electron chi connectivity index (χ2n) is 7.15. The average Bonchev–Trinajstić information content (AvgIpc) is 3.34. The Morgan fingerprint density at radius 2 is 2.14 bits per heavy atom. The van der Waals surface area contributed by atoms with Gasteiger partial charge < -0.3 is 19.9 Å². The SMILES string of the molecule is O=C(NCC1CCCO1)c1nc(C(=O)Nc2cccc(F)c2)n2c1CCCC2. The summed E-state index contributed by atoms with van der Waals surface area (Å²) in [5.41, 5.74) is 1.42. The molecule has 7 nitrogen and oxygen atoms in total. The fourth-order valence-electron chi connectivity index (χ4n) is 3.75. The Kier molecular flexibility index (Phi) is 5.38. The van der Waals surface area contributed by atoms with E-state index in [1.807, 2.05) is 0 Å². The van der Waals surface area contributed by atoms with Crippen molar-refractivity contribution in [2.24, 2.45) is 0 Å². The van der Waals surface area contributed by atoms with Crippen LogP contribution in [0.2, 0.25) is 0 Å². The summed E-state index contributed by atoms with van der Waals surface area (Å²) >= 11 is 0. The lowest BCUT2D eigenvalue weighted by atomic mass is 10.1. The number of hydrogen-bond acceptors (Lipinski definition) is 4. The molecule has 1 saturated heterocycles. The molecule has 2 N–H and O–H groups in total. The molecular formula is C20H23FN4O3. The summed E-state index contributed by atoms with van der Waals surface area (Å²) in [5.74, 6) is -0.990. The molecule has 1 atom stereocenters. The van der Waals surface area contributed by atoms with Crippen LogP contribution in [0.25, 0.3) is 0 Å². The number of rotatable bonds is 5. The van der Waals surface area contributed by atoms with Gasteiger partial charge in [-0.2, -0.15) is 0 Å². The Balaban J connectivity index is 1.54. The molecule has 8 heteroatoms. The molecule has 0 bridgehead atoms. The van der Waals surface area contributed by atoms with Crippen molar-refractivity contribution in [1.82, 2.24) is 14.9 Å². The maximum absolute atomic E-state index is 13.4. The summed E-state index contributed by atoms with van der Waals surface area (Å²) in [6, 6.07) is 5.68. The molecule has 4 rings (SSSR count). The summed E-state index contributed by atoms with van der Waals surface area (Å²) < 4.78 is 20.7. The molecule has 1 aromatic heterocycles. The zero-order valence-electron chi connectivity index (χ0n) is 15.5. The van der Waals surface area contributed by atoms with Crippen LogP contribution < -0.4 is 10.6 Å². The second kappa shape index (κ2) is 8.10. The number of amides is 2. The number of nitrogens with one attached hydrogen (secondary N) is 2. The van der Waals surface area contributed by atoms with Crippen LogP contribution in [0, 0.1) is 5.82 Å². The Morgan fingerprint density at radius 1 is 1.25 bits per heavy atom. The van der Waals surface area contributed by atoms with Gasteiger partial charge in [0.15, 0.2) is 5.82 Å². The molecule has 1 aromatic carbocycles. The number of aromatic nitrogens is 2. The van der Waals surface area contributed by atoms with Gasteiger partial charge in [0.1, 0.15) is 11.5 Å². The molecule has 2 aliphatic heterocycles. The number of imidazole rings is 1. The lowest BCUT2D eigenvalue weighted by molar-refractivity contribution is 0.0853. The monoisotopic (exact) mass is 386 g/mol. The van der Waals surface area contributed by atoms with Gasteiger partial charge in [0.05, 0.1) is 11.8 Å². The van der Waals surface area contributed by atoms with Crippen molar-refractivity contribution in [3.63, 3.8) is 0 Å². The fraction of sp³-hybridized carbons (Fsp3) is 0.450. The van der Waals surface area contributed by atoms with E-state index in [2.05, 4.69) is 15.6 Å². The van der Waals surface area contributed by atoms with E-state index in [9.17, 15) is 14.0 Å². The minimum atomic E-state index is -0.452. The van der Waals surface area contributed by atoms with Gasteiger partial charge in [0.2, 0.25) is 0 Å². The minimum Gasteiger partial charge on any atom is -0.376 e. The zero-order valence-corrected chi connectivity index (χ0v) is 15.5. The predicted octanol–water partition coefficient (Wildman–Crippen LogP) is 2.52. The highest BCUT2D eigenvalue weighted by Gasteiger charge is 2.28. The van der Waals surface area contributed by atoms with Crippen LogP contribution in [0.4, 0.5) is 10.1 Å². The van der Waals surface area contributed by atoms with Gasteiger partial charge in [-0.1, -0.05) is 6.07 Å². The second-order valence-corrected chi connectivity index (χ2v) is 7.15. The average molecular weight is 386 g/mol. The van der Waals surface area contributed by atoms with Crippen LogP contribution in [0.5, 0.6) is 0 Å². The molecule has 0 radical (unpaired) electrons. The molecule has 148 valence electrons. The normalized spacial score (nSPS) is 18.5. The summed E-state index contributed by atoms with van der Waals surface area (Å²) in [7, 11) is 0. The third kappa shape index (κ3) is 3.91. The number of fused-ring (bicyclic) bond motifs is 1. The Bertz CT molecular complexity index is 890. The summed E-state index contributed by atoms with van der Waals surface area (Å²) in [6.45, 7) is 1.80. The third-order valence-corrected chi connectivity index (χ3v) is 5.13. The molecule has 1 unspecified atom stereocenters. The topological polar surface area (TPSA) is 85.2 Å². The molecule has 2 aromatic rings. The quantitative estimate of drug-likeness (QED) is 0.827. The van der Waals surface area contributed by atoms with E-state index in [0.29, 0.717) is 30.9 Å². The number of ether oxygens (including phenoxy) is 1. The van der Waals surface area contributed by atoms with Crippen molar-refractivity contribution in [2.75, 3.05) is 18.5 Å². The molecular weight excluding hydrogens is 363 g/mol. The molecule has 0 saturated carbocycles. The maximum Gasteiger partial charge on any atom is 0.291 e. The lowest BCUT2D eigenvalue weighted by Crippen LogP contribution is -2.32. The Hall–Kier alpha value is -2.74. The number of benzene rings is 1. The van der Waals surface area contributed by atoms with Crippen molar-refractivity contribution in [3.05, 3.63) is 47.3 Å². The van der Waals surface area contributed by atoms with Gasteiger partial charge >= 0.3 is 0 Å². The van der Waals surface area contributed by atoms with Crippen molar-refractivity contribution in [1.29, 1.82) is 0 Å². The van der Waals surface area contributed by atoms with E-state index in [0.717, 1.165) is 38.0 Å². The van der Waals surface area contributed by atoms with Crippen LogP contribution in [-0.4, -0.2) is 40.6 Å². The van der Waals surface area contributed by atoms with E-state index in [-0.39, 0.29) is 17.8 Å². The van der Waals surface area contributed by atoms with Crippen molar-refractivity contribution >= 4 is 17.5 Å². The number of halogens is 1. The van der Waals surface area contributed by atoms with E-state index >= 15 is 0 Å². The number of anilines is 1. The standard InChI is InChI=1S/C20H23FN4O3/c21-13-5-3-6-14(11-13)23-20(27)18-24-17(16-8-1-2-9-25(16)18)19(26)22-12-15-7-4-10-28-15/h3,5-6,11,15H,1-2,4,7-10,12H2,(H,22,26)(H,23,27). The largest absolute Gasteiger partial charge is 0.376 e. The highest BCUT2D eigenvalue weighted by Crippen LogP contribution is 2.22. The zero-order chi connectivity index (χ0) is 19.5. The van der Waals surface area contributed by atoms with E-state index in [1.54, 1.807) is 10.6 Å². The van der Waals surface area contributed by atoms with Gasteiger partial charge in [-0.3, -0.25) is 9.59 Å². The molecule has 1 fully saturated rings. The van der Waals surface area contributed by atoms with E-state index in [4.69, 9.17) is 4.74 Å². The summed E-state index contributed by atoms with van der Waals surface area (Å²) in [5, 5.41) is 5.54. The van der Waals surface area contributed by atoms with Gasteiger partial charge in [-0.15, -0.1) is 0 Å². The Morgan fingerprint density at radius 3 is 2.93 bits per heavy atom. The van der Waals surface area contributed by atoms with Crippen molar-refractivity contribution < 1.29 is 18.7 Å². The smallest absolute Gasteiger partial charge is 0.291 e. The molecule has 2 aliphatic rings. The van der Waals surface area contributed by atoms with Crippen molar-refractivity contribution in [2.45, 2.75) is 44.8 Å². The summed E-state index contributed by atoms with van der Waals surface area (Å²) in [4.78, 5) is 29.8. The first kappa shape index (κ1) is 18.6. The first-order chi connectivity index (χ1) is 13.6. The number of carbonyl (C=O) groups excluding carboxylic acids is 2. The molecule has 0 spiro atoms. The van der Waals surface area contributed by atoms with E-state index < -0.39 is 11.7 Å². The number of nitrogens with zero attached hydrogens (tertiary/aromatic N) is 2. The molecule has 0 aliphatic carbocycles. The maximum atomic E-state index is 13.4. The minimum absolute atomic E-state index is 0.0399. The number of hydrogen-bond donors (Lipinski definition) is 2. The highest BCUT2D eigenvalue weighted by atomic mass is 19.1. The first-order valence-electron chi connectivity index (χ1n) is 9.68. The molecule has 2 amide bonds. The van der Waals surface area contributed by atoms with Crippen LogP contribution in [-0.2, 0) is 17.7 Å². The van der Waals surface area contributed by atoms with Crippen LogP contribution >= 0.6 is 0 Å². The molecule has 28 heavy (non-hydrogen) atoms. The van der Waals surface area contributed by atoms with Gasteiger partial charge in [0, 0.05) is 25.4 Å².